The molecule has 1 N–H and O–H groups in total. The number of hydrogen-bond donors (Lipinski definition) is 1. The molecule has 0 heterocycles. The average Bonchev–Trinajstić information content (AvgIpc) is 2.03. The van der Waals surface area contributed by atoms with Crippen molar-refractivity contribution in [3.8, 4) is 0 Å². The molecule has 0 aliphatic rings. The molecule has 0 saturated carbocycles. The predicted octanol–water partition coefficient (Wildman–Crippen LogP) is 1.19. The summed E-state index contributed by atoms with van der Waals surface area (Å²) in [6, 6.07) is 0. The first-order valence-electron chi connectivity index (χ1n) is 3.82. The standard InChI is InChI=1S/C7H15ClFNO/c8-2-6-11-7-5-10-4-1-3-9/h10H,1-7H2. The highest BCUT2D eigenvalue weighted by Crippen LogP contribution is 1.79. The Hall–Kier alpha value is 0.140. The smallest absolute Gasteiger partial charge is 0.0906 e. The molecule has 4 heteroatoms. The molecule has 11 heavy (non-hydrogen) atoms. The van der Waals surface area contributed by atoms with Crippen LogP contribution in [0.25, 0.3) is 0 Å². The molecule has 0 aliphatic carbocycles. The SMILES string of the molecule is FCCCNCCOCCCl. The number of alkyl halides is 2. The van der Waals surface area contributed by atoms with Crippen LogP contribution in [0.15, 0.2) is 0 Å². The van der Waals surface area contributed by atoms with Crippen molar-refractivity contribution in [1.82, 2.24) is 5.32 Å². The fourth-order valence-corrected chi connectivity index (χ4v) is 0.727. The van der Waals surface area contributed by atoms with Crippen molar-refractivity contribution in [2.75, 3.05) is 38.9 Å². The van der Waals surface area contributed by atoms with E-state index in [4.69, 9.17) is 16.3 Å². The van der Waals surface area contributed by atoms with Gasteiger partial charge in [-0.05, 0) is 13.0 Å². The second kappa shape index (κ2) is 10.1. The lowest BCUT2D eigenvalue weighted by atomic mass is 10.4. The summed E-state index contributed by atoms with van der Waals surface area (Å²) in [5.41, 5.74) is 0. The van der Waals surface area contributed by atoms with Crippen LogP contribution in [0.5, 0.6) is 0 Å². The zero-order chi connectivity index (χ0) is 8.36. The van der Waals surface area contributed by atoms with Crippen LogP contribution in [0.2, 0.25) is 0 Å². The Bertz CT molecular complexity index is 67.5. The summed E-state index contributed by atoms with van der Waals surface area (Å²) in [6.07, 6.45) is 0.579. The van der Waals surface area contributed by atoms with Gasteiger partial charge in [0.15, 0.2) is 0 Å². The first kappa shape index (κ1) is 11.1. The third-order valence-corrected chi connectivity index (χ3v) is 1.29. The van der Waals surface area contributed by atoms with Crippen LogP contribution in [0.4, 0.5) is 4.39 Å². The van der Waals surface area contributed by atoms with Crippen LogP contribution >= 0.6 is 11.6 Å². The summed E-state index contributed by atoms with van der Waals surface area (Å²) in [5, 5.41) is 3.04. The van der Waals surface area contributed by atoms with Crippen LogP contribution < -0.4 is 5.32 Å². The van der Waals surface area contributed by atoms with Crippen molar-refractivity contribution < 1.29 is 9.13 Å². The molecule has 2 nitrogen and oxygen atoms in total. The van der Waals surface area contributed by atoms with Crippen molar-refractivity contribution in [3.63, 3.8) is 0 Å². The third-order valence-electron chi connectivity index (χ3n) is 1.13. The summed E-state index contributed by atoms with van der Waals surface area (Å²) in [6.45, 7) is 2.48. The Morgan fingerprint density at radius 3 is 2.73 bits per heavy atom. The normalized spacial score (nSPS) is 10.4. The number of rotatable bonds is 8. The molecule has 0 fully saturated rings. The minimum atomic E-state index is -0.254. The largest absolute Gasteiger partial charge is 0.379 e. The lowest BCUT2D eigenvalue weighted by Crippen LogP contribution is -2.21. The van der Waals surface area contributed by atoms with Crippen LogP contribution in [-0.4, -0.2) is 38.9 Å². The summed E-state index contributed by atoms with van der Waals surface area (Å²) in [7, 11) is 0. The van der Waals surface area contributed by atoms with E-state index in [1.165, 1.54) is 0 Å². The molecule has 0 aliphatic heterocycles. The van der Waals surface area contributed by atoms with E-state index in [-0.39, 0.29) is 6.67 Å². The molecule has 0 aromatic rings. The van der Waals surface area contributed by atoms with Crippen molar-refractivity contribution >= 4 is 11.6 Å². The molecule has 0 bridgehead atoms. The average molecular weight is 184 g/mol. The topological polar surface area (TPSA) is 21.3 Å². The van der Waals surface area contributed by atoms with Gasteiger partial charge in [0.2, 0.25) is 0 Å². The zero-order valence-electron chi connectivity index (χ0n) is 6.61. The first-order chi connectivity index (χ1) is 5.41. The van der Waals surface area contributed by atoms with Crippen LogP contribution in [-0.2, 0) is 4.74 Å². The first-order valence-corrected chi connectivity index (χ1v) is 4.35. The maximum absolute atomic E-state index is 11.5. The van der Waals surface area contributed by atoms with E-state index in [0.717, 1.165) is 13.1 Å². The number of nitrogens with one attached hydrogen (secondary N) is 1. The Kier molecular flexibility index (Phi) is 10.3. The van der Waals surface area contributed by atoms with E-state index in [1.54, 1.807) is 0 Å². The lowest BCUT2D eigenvalue weighted by molar-refractivity contribution is 0.151. The third kappa shape index (κ3) is 10.1. The van der Waals surface area contributed by atoms with E-state index in [9.17, 15) is 4.39 Å². The molecule has 0 spiro atoms. The maximum atomic E-state index is 11.5. The maximum Gasteiger partial charge on any atom is 0.0906 e. The van der Waals surface area contributed by atoms with Gasteiger partial charge in [-0.1, -0.05) is 0 Å². The van der Waals surface area contributed by atoms with E-state index in [1.807, 2.05) is 0 Å². The number of halogens is 2. The summed E-state index contributed by atoms with van der Waals surface area (Å²) in [5.74, 6) is 0.532. The van der Waals surface area contributed by atoms with Gasteiger partial charge in [0.05, 0.1) is 19.9 Å². The summed E-state index contributed by atoms with van der Waals surface area (Å²) in [4.78, 5) is 0. The van der Waals surface area contributed by atoms with Gasteiger partial charge in [0.25, 0.3) is 0 Å². The van der Waals surface area contributed by atoms with Gasteiger partial charge in [-0.15, -0.1) is 11.6 Å². The highest BCUT2D eigenvalue weighted by atomic mass is 35.5. The Morgan fingerprint density at radius 1 is 1.27 bits per heavy atom. The van der Waals surface area contributed by atoms with Gasteiger partial charge in [-0.2, -0.15) is 0 Å². The number of ether oxygens (including phenoxy) is 1. The lowest BCUT2D eigenvalue weighted by Gasteiger charge is -2.02. The Labute approximate surface area is 72.1 Å². The highest BCUT2D eigenvalue weighted by Gasteiger charge is 1.87. The van der Waals surface area contributed by atoms with E-state index >= 15 is 0 Å². The quantitative estimate of drug-likeness (QED) is 0.451. The van der Waals surface area contributed by atoms with Crippen molar-refractivity contribution in [1.29, 1.82) is 0 Å². The van der Waals surface area contributed by atoms with Crippen molar-refractivity contribution in [2.45, 2.75) is 6.42 Å². The van der Waals surface area contributed by atoms with Gasteiger partial charge >= 0.3 is 0 Å². The van der Waals surface area contributed by atoms with Gasteiger partial charge in [0, 0.05) is 12.4 Å². The zero-order valence-corrected chi connectivity index (χ0v) is 7.37. The molecule has 68 valence electrons. The fourth-order valence-electron chi connectivity index (χ4n) is 0.618. The molecular weight excluding hydrogens is 169 g/mol. The van der Waals surface area contributed by atoms with Gasteiger partial charge in [-0.25, -0.2) is 0 Å². The highest BCUT2D eigenvalue weighted by molar-refractivity contribution is 6.17. The number of hydrogen-bond acceptors (Lipinski definition) is 2. The molecule has 0 radical (unpaired) electrons. The predicted molar refractivity (Wildman–Crippen MR) is 45.0 cm³/mol. The summed E-state index contributed by atoms with van der Waals surface area (Å²) >= 11 is 5.37. The van der Waals surface area contributed by atoms with Crippen LogP contribution in [0.3, 0.4) is 0 Å². The van der Waals surface area contributed by atoms with E-state index in [2.05, 4.69) is 5.32 Å². The van der Waals surface area contributed by atoms with E-state index in [0.29, 0.717) is 25.5 Å². The molecule has 0 rings (SSSR count). The fraction of sp³-hybridized carbons (Fsp3) is 1.00. The van der Waals surface area contributed by atoms with E-state index < -0.39 is 0 Å². The second-order valence-corrected chi connectivity index (χ2v) is 2.47. The minimum Gasteiger partial charge on any atom is -0.379 e. The van der Waals surface area contributed by atoms with Gasteiger partial charge in [-0.3, -0.25) is 4.39 Å². The van der Waals surface area contributed by atoms with Crippen molar-refractivity contribution in [3.05, 3.63) is 0 Å². The monoisotopic (exact) mass is 183 g/mol. The van der Waals surface area contributed by atoms with Crippen molar-refractivity contribution in [2.24, 2.45) is 0 Å². The Morgan fingerprint density at radius 2 is 2.09 bits per heavy atom. The van der Waals surface area contributed by atoms with Crippen LogP contribution in [0, 0.1) is 0 Å². The molecule has 0 atom stereocenters. The van der Waals surface area contributed by atoms with Crippen LogP contribution in [0.1, 0.15) is 6.42 Å². The van der Waals surface area contributed by atoms with Gasteiger partial charge in [0.1, 0.15) is 0 Å². The second-order valence-electron chi connectivity index (χ2n) is 2.09. The minimum absolute atomic E-state index is 0.254. The molecule has 0 aromatic heterocycles. The molecular formula is C7H15ClFNO. The van der Waals surface area contributed by atoms with Gasteiger partial charge < -0.3 is 10.1 Å². The molecule has 0 saturated heterocycles. The summed E-state index contributed by atoms with van der Waals surface area (Å²) < 4.78 is 16.6. The molecule has 0 unspecified atom stereocenters. The molecule has 0 amide bonds. The molecule has 0 aromatic carbocycles. The Balaban J connectivity index is 2.69.